The minimum atomic E-state index is -3.76. The zero-order valence-electron chi connectivity index (χ0n) is 18.2. The van der Waals surface area contributed by atoms with Crippen LogP contribution in [0.1, 0.15) is 36.5 Å². The summed E-state index contributed by atoms with van der Waals surface area (Å²) in [6, 6.07) is 7.21. The van der Waals surface area contributed by atoms with Crippen molar-refractivity contribution >= 4 is 43.8 Å². The fraction of sp³-hybridized carbons (Fsp3) is 0.455. The van der Waals surface area contributed by atoms with Crippen LogP contribution in [-0.2, 0) is 10.0 Å². The van der Waals surface area contributed by atoms with E-state index in [2.05, 4.69) is 4.98 Å². The standard InChI is InChI=1S/C22H25ClN4O4S2/c1-2-31-17-5-3-16(4-6-17)19(28)25-10-7-22(8-11-25)9-12-26(15-22)33(29,30)20-18(23)24-21-27(20)13-14-32-21/h3-6,13-14H,2,7-12,15H2,1H3. The van der Waals surface area contributed by atoms with E-state index in [9.17, 15) is 13.2 Å². The Bertz CT molecular complexity index is 1280. The number of ether oxygens (including phenoxy) is 1. The predicted molar refractivity (Wildman–Crippen MR) is 127 cm³/mol. The van der Waals surface area contributed by atoms with Gasteiger partial charge in [0.2, 0.25) is 0 Å². The van der Waals surface area contributed by atoms with Gasteiger partial charge in [-0.15, -0.1) is 11.3 Å². The molecule has 0 unspecified atom stereocenters. The molecule has 0 saturated carbocycles. The largest absolute Gasteiger partial charge is 0.494 e. The quantitative estimate of drug-likeness (QED) is 0.524. The van der Waals surface area contributed by atoms with E-state index >= 15 is 0 Å². The number of imidazole rings is 1. The highest BCUT2D eigenvalue weighted by atomic mass is 35.5. The van der Waals surface area contributed by atoms with Crippen molar-refractivity contribution in [3.05, 3.63) is 46.6 Å². The Morgan fingerprint density at radius 2 is 1.88 bits per heavy atom. The second-order valence-corrected chi connectivity index (χ2v) is 11.7. The van der Waals surface area contributed by atoms with Gasteiger partial charge in [0.05, 0.1) is 6.61 Å². The summed E-state index contributed by atoms with van der Waals surface area (Å²) in [5.74, 6) is 0.748. The van der Waals surface area contributed by atoms with Gasteiger partial charge in [-0.25, -0.2) is 13.4 Å². The van der Waals surface area contributed by atoms with E-state index in [1.807, 2.05) is 24.0 Å². The number of carbonyl (C=O) groups is 1. The van der Waals surface area contributed by atoms with E-state index < -0.39 is 10.0 Å². The van der Waals surface area contributed by atoms with E-state index in [4.69, 9.17) is 16.3 Å². The molecule has 2 aromatic heterocycles. The van der Waals surface area contributed by atoms with Crippen LogP contribution in [0, 0.1) is 5.41 Å². The Kier molecular flexibility index (Phi) is 5.88. The number of hydrogen-bond acceptors (Lipinski definition) is 6. The molecular weight excluding hydrogens is 484 g/mol. The van der Waals surface area contributed by atoms with Crippen molar-refractivity contribution in [1.82, 2.24) is 18.6 Å². The molecule has 0 aliphatic carbocycles. The van der Waals surface area contributed by atoms with Gasteiger partial charge in [-0.2, -0.15) is 4.31 Å². The minimum absolute atomic E-state index is 0.00117. The van der Waals surface area contributed by atoms with Gasteiger partial charge in [0.25, 0.3) is 15.9 Å². The molecule has 11 heteroatoms. The number of amides is 1. The molecule has 2 aliphatic heterocycles. The van der Waals surface area contributed by atoms with Crippen molar-refractivity contribution in [3.8, 4) is 5.75 Å². The number of thiazole rings is 1. The topological polar surface area (TPSA) is 84.2 Å². The Labute approximate surface area is 201 Å². The third kappa shape index (κ3) is 4.03. The van der Waals surface area contributed by atoms with Crippen molar-refractivity contribution in [2.24, 2.45) is 5.41 Å². The maximum atomic E-state index is 13.4. The van der Waals surface area contributed by atoms with Crippen molar-refractivity contribution in [2.45, 2.75) is 31.2 Å². The average molecular weight is 509 g/mol. The molecule has 0 atom stereocenters. The van der Waals surface area contributed by atoms with Gasteiger partial charge in [0.1, 0.15) is 5.75 Å². The number of piperidine rings is 1. The molecule has 33 heavy (non-hydrogen) atoms. The Balaban J connectivity index is 1.26. The third-order valence-electron chi connectivity index (χ3n) is 6.69. The highest BCUT2D eigenvalue weighted by molar-refractivity contribution is 7.89. The second-order valence-electron chi connectivity index (χ2n) is 8.60. The summed E-state index contributed by atoms with van der Waals surface area (Å²) in [5.41, 5.74) is 0.522. The number of fused-ring (bicyclic) bond motifs is 1. The molecule has 176 valence electrons. The van der Waals surface area contributed by atoms with E-state index in [0.717, 1.165) is 25.0 Å². The molecule has 4 heterocycles. The number of nitrogens with zero attached hydrogens (tertiary/aromatic N) is 4. The summed E-state index contributed by atoms with van der Waals surface area (Å²) in [4.78, 5) is 19.5. The van der Waals surface area contributed by atoms with E-state index in [1.165, 1.54) is 15.6 Å². The number of carbonyl (C=O) groups excluding carboxylic acids is 1. The van der Waals surface area contributed by atoms with Crippen LogP contribution in [0.15, 0.2) is 40.9 Å². The lowest BCUT2D eigenvalue weighted by atomic mass is 9.78. The predicted octanol–water partition coefficient (Wildman–Crippen LogP) is 3.76. The molecule has 1 aromatic carbocycles. The highest BCUT2D eigenvalue weighted by Crippen LogP contribution is 2.43. The van der Waals surface area contributed by atoms with Crippen LogP contribution in [0.25, 0.3) is 4.96 Å². The maximum absolute atomic E-state index is 13.4. The number of halogens is 1. The molecule has 0 bridgehead atoms. The van der Waals surface area contributed by atoms with Gasteiger partial charge in [0.15, 0.2) is 15.1 Å². The molecule has 3 aromatic rings. The lowest BCUT2D eigenvalue weighted by Gasteiger charge is -2.39. The van der Waals surface area contributed by atoms with Gasteiger partial charge >= 0.3 is 0 Å². The van der Waals surface area contributed by atoms with E-state index in [0.29, 0.717) is 43.3 Å². The van der Waals surface area contributed by atoms with Crippen LogP contribution >= 0.6 is 22.9 Å². The molecule has 2 saturated heterocycles. The maximum Gasteiger partial charge on any atom is 0.262 e. The smallest absolute Gasteiger partial charge is 0.262 e. The monoisotopic (exact) mass is 508 g/mol. The summed E-state index contributed by atoms with van der Waals surface area (Å²) in [7, 11) is -3.76. The van der Waals surface area contributed by atoms with Gasteiger partial charge in [0, 0.05) is 43.3 Å². The first-order valence-electron chi connectivity index (χ1n) is 11.0. The fourth-order valence-corrected chi connectivity index (χ4v) is 7.79. The van der Waals surface area contributed by atoms with E-state index in [-0.39, 0.29) is 21.5 Å². The Hall–Kier alpha value is -2.14. The van der Waals surface area contributed by atoms with Crippen LogP contribution in [0.4, 0.5) is 0 Å². The lowest BCUT2D eigenvalue weighted by molar-refractivity contribution is 0.0599. The molecule has 1 amide bonds. The molecule has 0 N–H and O–H groups in total. The number of aromatic nitrogens is 2. The summed E-state index contributed by atoms with van der Waals surface area (Å²) in [6.07, 6.45) is 4.01. The SMILES string of the molecule is CCOc1ccc(C(=O)N2CCC3(CC2)CCN(S(=O)(=O)c2c(Cl)nc4sccn24)C3)cc1. The summed E-state index contributed by atoms with van der Waals surface area (Å²) < 4.78 is 35.3. The van der Waals surface area contributed by atoms with Crippen molar-refractivity contribution in [1.29, 1.82) is 0 Å². The van der Waals surface area contributed by atoms with Crippen LogP contribution in [0.3, 0.4) is 0 Å². The third-order valence-corrected chi connectivity index (χ3v) is 9.69. The molecule has 8 nitrogen and oxygen atoms in total. The Morgan fingerprint density at radius 3 is 2.58 bits per heavy atom. The molecule has 2 aliphatic rings. The zero-order chi connectivity index (χ0) is 23.2. The Morgan fingerprint density at radius 1 is 1.18 bits per heavy atom. The number of likely N-dealkylation sites (tertiary alicyclic amines) is 1. The molecule has 5 rings (SSSR count). The number of hydrogen-bond donors (Lipinski definition) is 0. The van der Waals surface area contributed by atoms with E-state index in [1.54, 1.807) is 28.1 Å². The van der Waals surface area contributed by atoms with Gasteiger partial charge in [-0.1, -0.05) is 11.6 Å². The number of benzene rings is 1. The summed E-state index contributed by atoms with van der Waals surface area (Å²) >= 11 is 7.55. The second kappa shape index (κ2) is 8.57. The van der Waals surface area contributed by atoms with Crippen molar-refractivity contribution in [2.75, 3.05) is 32.8 Å². The normalized spacial score (nSPS) is 18.9. The molecule has 0 radical (unpaired) electrons. The molecule has 2 fully saturated rings. The fourth-order valence-electron chi connectivity index (χ4n) is 4.83. The van der Waals surface area contributed by atoms with Crippen LogP contribution in [0.2, 0.25) is 5.15 Å². The number of rotatable bonds is 5. The van der Waals surface area contributed by atoms with Crippen molar-refractivity contribution < 1.29 is 17.9 Å². The average Bonchev–Trinajstić information content (AvgIpc) is 3.50. The first-order chi connectivity index (χ1) is 15.8. The van der Waals surface area contributed by atoms with Crippen LogP contribution < -0.4 is 4.74 Å². The summed E-state index contributed by atoms with van der Waals surface area (Å²) in [5, 5.41) is 1.85. The van der Waals surface area contributed by atoms with Crippen LogP contribution in [0.5, 0.6) is 5.75 Å². The first-order valence-corrected chi connectivity index (χ1v) is 13.7. The zero-order valence-corrected chi connectivity index (χ0v) is 20.6. The van der Waals surface area contributed by atoms with Crippen LogP contribution in [-0.4, -0.2) is 65.7 Å². The molecular formula is C22H25ClN4O4S2. The van der Waals surface area contributed by atoms with Gasteiger partial charge in [-0.05, 0) is 55.9 Å². The highest BCUT2D eigenvalue weighted by Gasteiger charge is 2.46. The van der Waals surface area contributed by atoms with Gasteiger partial charge < -0.3 is 9.64 Å². The number of sulfonamides is 1. The van der Waals surface area contributed by atoms with Crippen molar-refractivity contribution in [3.63, 3.8) is 0 Å². The first kappa shape index (κ1) is 22.6. The van der Waals surface area contributed by atoms with Gasteiger partial charge in [-0.3, -0.25) is 9.20 Å². The minimum Gasteiger partial charge on any atom is -0.494 e. The lowest BCUT2D eigenvalue weighted by Crippen LogP contribution is -2.44. The summed E-state index contributed by atoms with van der Waals surface area (Å²) in [6.45, 7) is 4.62. The molecule has 1 spiro atoms.